The number of carboxylic acid groups (broad SMARTS) is 1. The van der Waals surface area contributed by atoms with Crippen molar-refractivity contribution in [2.24, 2.45) is 0 Å². The molecule has 0 aliphatic rings. The molecule has 1 aromatic heterocycles. The van der Waals surface area contributed by atoms with Crippen molar-refractivity contribution in [2.45, 2.75) is 25.0 Å². The zero-order chi connectivity index (χ0) is 15.9. The molecule has 0 aliphatic carbocycles. The molecule has 5 nitrogen and oxygen atoms in total. The van der Waals surface area contributed by atoms with Crippen LogP contribution < -0.4 is 5.32 Å². The van der Waals surface area contributed by atoms with Crippen molar-refractivity contribution in [3.63, 3.8) is 0 Å². The number of aliphatic hydroxyl groups excluding tert-OH is 1. The lowest BCUT2D eigenvalue weighted by Gasteiger charge is -2.23. The normalized spacial score (nSPS) is 13.4. The predicted octanol–water partition coefficient (Wildman–Crippen LogP) is 2.00. The molecule has 2 rings (SSSR count). The molecular formula is C16H17FN2O3. The van der Waals surface area contributed by atoms with E-state index in [1.54, 1.807) is 42.6 Å². The van der Waals surface area contributed by atoms with Crippen molar-refractivity contribution in [1.82, 2.24) is 10.3 Å². The number of pyridine rings is 1. The zero-order valence-corrected chi connectivity index (χ0v) is 11.8. The van der Waals surface area contributed by atoms with Gasteiger partial charge in [-0.3, -0.25) is 4.98 Å². The molecule has 1 amide bonds. The first-order valence-corrected chi connectivity index (χ1v) is 6.87. The minimum Gasteiger partial charge on any atom is -0.465 e. The fourth-order valence-electron chi connectivity index (χ4n) is 2.22. The summed E-state index contributed by atoms with van der Waals surface area (Å²) in [5.74, 6) is -0.426. The van der Waals surface area contributed by atoms with Crippen LogP contribution in [0.4, 0.5) is 9.18 Å². The van der Waals surface area contributed by atoms with Gasteiger partial charge in [0.15, 0.2) is 0 Å². The third kappa shape index (κ3) is 4.53. The number of carbonyl (C=O) groups is 1. The summed E-state index contributed by atoms with van der Waals surface area (Å²) in [5.41, 5.74) is 0.988. The van der Waals surface area contributed by atoms with Crippen molar-refractivity contribution in [3.8, 4) is 0 Å². The Morgan fingerprint density at radius 1 is 1.18 bits per heavy atom. The molecule has 0 saturated carbocycles. The number of aromatic nitrogens is 1. The van der Waals surface area contributed by atoms with Gasteiger partial charge in [-0.25, -0.2) is 9.18 Å². The molecular weight excluding hydrogens is 287 g/mol. The van der Waals surface area contributed by atoms with Crippen LogP contribution >= 0.6 is 0 Å². The second-order valence-electron chi connectivity index (χ2n) is 4.94. The molecule has 1 aromatic carbocycles. The van der Waals surface area contributed by atoms with Gasteiger partial charge in [0.2, 0.25) is 0 Å². The lowest BCUT2D eigenvalue weighted by Crippen LogP contribution is -2.45. The molecule has 0 saturated heterocycles. The number of benzene rings is 1. The van der Waals surface area contributed by atoms with E-state index in [1.165, 1.54) is 6.07 Å². The van der Waals surface area contributed by atoms with Gasteiger partial charge in [-0.05, 0) is 30.2 Å². The van der Waals surface area contributed by atoms with Gasteiger partial charge in [0.25, 0.3) is 0 Å². The maximum Gasteiger partial charge on any atom is 0.404 e. The summed E-state index contributed by atoms with van der Waals surface area (Å²) in [6.07, 6.45) is -0.432. The van der Waals surface area contributed by atoms with E-state index in [-0.39, 0.29) is 12.8 Å². The lowest BCUT2D eigenvalue weighted by molar-refractivity contribution is 0.118. The smallest absolute Gasteiger partial charge is 0.404 e. The van der Waals surface area contributed by atoms with Crippen molar-refractivity contribution in [2.75, 3.05) is 0 Å². The van der Waals surface area contributed by atoms with Crippen molar-refractivity contribution in [1.29, 1.82) is 0 Å². The molecule has 116 valence electrons. The van der Waals surface area contributed by atoms with Gasteiger partial charge in [-0.15, -0.1) is 0 Å². The Kier molecular flexibility index (Phi) is 5.43. The van der Waals surface area contributed by atoms with Crippen LogP contribution in [0.15, 0.2) is 48.7 Å². The van der Waals surface area contributed by atoms with Crippen LogP contribution in [-0.4, -0.2) is 33.4 Å². The molecule has 2 atom stereocenters. The van der Waals surface area contributed by atoms with Gasteiger partial charge < -0.3 is 15.5 Å². The van der Waals surface area contributed by atoms with Crippen molar-refractivity contribution in [3.05, 3.63) is 65.7 Å². The number of nitrogens with zero attached hydrogens (tertiary/aromatic N) is 1. The highest BCUT2D eigenvalue weighted by Gasteiger charge is 2.23. The van der Waals surface area contributed by atoms with Crippen molar-refractivity contribution >= 4 is 6.09 Å². The fourth-order valence-corrected chi connectivity index (χ4v) is 2.22. The Hall–Kier alpha value is -2.47. The Morgan fingerprint density at radius 3 is 2.55 bits per heavy atom. The van der Waals surface area contributed by atoms with E-state index in [0.717, 1.165) is 0 Å². The number of nitrogens with one attached hydrogen (secondary N) is 1. The third-order valence-corrected chi connectivity index (χ3v) is 3.32. The quantitative estimate of drug-likeness (QED) is 0.762. The Bertz CT molecular complexity index is 622. The average molecular weight is 304 g/mol. The zero-order valence-electron chi connectivity index (χ0n) is 11.8. The number of amides is 1. The highest BCUT2D eigenvalue weighted by atomic mass is 19.1. The SMILES string of the molecule is O=C(O)N[C@H](Cc1ccccc1F)[C@@H](O)Cc1ccccn1. The number of rotatable bonds is 6. The van der Waals surface area contributed by atoms with Gasteiger partial charge in [0, 0.05) is 18.3 Å². The maximum absolute atomic E-state index is 13.7. The molecule has 0 bridgehead atoms. The highest BCUT2D eigenvalue weighted by Crippen LogP contribution is 2.13. The van der Waals surface area contributed by atoms with Crippen LogP contribution in [-0.2, 0) is 12.8 Å². The van der Waals surface area contributed by atoms with Gasteiger partial charge in [-0.2, -0.15) is 0 Å². The Balaban J connectivity index is 2.11. The molecule has 2 aromatic rings. The first-order chi connectivity index (χ1) is 10.6. The molecule has 0 spiro atoms. The fraction of sp³-hybridized carbons (Fsp3) is 0.250. The standard InChI is InChI=1S/C16H17FN2O3/c17-13-7-2-1-5-11(13)9-14(19-16(21)22)15(20)10-12-6-3-4-8-18-12/h1-8,14-15,19-20H,9-10H2,(H,21,22)/t14-,15+/m1/s1. The molecule has 0 radical (unpaired) electrons. The van der Waals surface area contributed by atoms with E-state index >= 15 is 0 Å². The van der Waals surface area contributed by atoms with E-state index in [0.29, 0.717) is 11.3 Å². The van der Waals surface area contributed by atoms with Crippen LogP contribution in [0.3, 0.4) is 0 Å². The topological polar surface area (TPSA) is 82.5 Å². The summed E-state index contributed by atoms with van der Waals surface area (Å²) in [5, 5.41) is 21.4. The summed E-state index contributed by atoms with van der Waals surface area (Å²) >= 11 is 0. The van der Waals surface area contributed by atoms with E-state index in [9.17, 15) is 14.3 Å². The van der Waals surface area contributed by atoms with Gasteiger partial charge in [0.1, 0.15) is 5.82 Å². The van der Waals surface area contributed by atoms with Gasteiger partial charge in [0.05, 0.1) is 12.1 Å². The largest absolute Gasteiger partial charge is 0.465 e. The Labute approximate surface area is 127 Å². The predicted molar refractivity (Wildman–Crippen MR) is 79.0 cm³/mol. The Morgan fingerprint density at radius 2 is 1.91 bits per heavy atom. The van der Waals surface area contributed by atoms with Crippen LogP contribution in [0.1, 0.15) is 11.3 Å². The maximum atomic E-state index is 13.7. The number of hydrogen-bond donors (Lipinski definition) is 3. The third-order valence-electron chi connectivity index (χ3n) is 3.32. The molecule has 22 heavy (non-hydrogen) atoms. The minimum atomic E-state index is -1.26. The van der Waals surface area contributed by atoms with Crippen LogP contribution in [0.2, 0.25) is 0 Å². The van der Waals surface area contributed by atoms with E-state index < -0.39 is 24.1 Å². The second-order valence-corrected chi connectivity index (χ2v) is 4.94. The van der Waals surface area contributed by atoms with E-state index in [1.807, 2.05) is 0 Å². The highest BCUT2D eigenvalue weighted by molar-refractivity contribution is 5.65. The summed E-state index contributed by atoms with van der Waals surface area (Å²) in [4.78, 5) is 15.0. The van der Waals surface area contributed by atoms with E-state index in [2.05, 4.69) is 10.3 Å². The van der Waals surface area contributed by atoms with Gasteiger partial charge in [-0.1, -0.05) is 24.3 Å². The summed E-state index contributed by atoms with van der Waals surface area (Å²) in [6, 6.07) is 10.6. The van der Waals surface area contributed by atoms with Crippen molar-refractivity contribution < 1.29 is 19.4 Å². The van der Waals surface area contributed by atoms with Crippen LogP contribution in [0.5, 0.6) is 0 Å². The first-order valence-electron chi connectivity index (χ1n) is 6.87. The minimum absolute atomic E-state index is 0.0625. The monoisotopic (exact) mass is 304 g/mol. The molecule has 0 aliphatic heterocycles. The average Bonchev–Trinajstić information content (AvgIpc) is 2.49. The molecule has 0 unspecified atom stereocenters. The van der Waals surface area contributed by atoms with Gasteiger partial charge >= 0.3 is 6.09 Å². The summed E-state index contributed by atoms with van der Waals surface area (Å²) in [7, 11) is 0. The number of halogens is 1. The summed E-state index contributed by atoms with van der Waals surface area (Å²) < 4.78 is 13.7. The van der Waals surface area contributed by atoms with E-state index in [4.69, 9.17) is 5.11 Å². The van der Waals surface area contributed by atoms with Crippen LogP contribution in [0.25, 0.3) is 0 Å². The lowest BCUT2D eigenvalue weighted by atomic mass is 9.98. The number of hydrogen-bond acceptors (Lipinski definition) is 3. The first kappa shape index (κ1) is 15.9. The molecule has 1 heterocycles. The molecule has 0 fully saturated rings. The summed E-state index contributed by atoms with van der Waals surface area (Å²) in [6.45, 7) is 0. The molecule has 6 heteroatoms. The molecule has 3 N–H and O–H groups in total. The number of aliphatic hydroxyl groups is 1. The second kappa shape index (κ2) is 7.51. The van der Waals surface area contributed by atoms with Crippen LogP contribution in [0, 0.1) is 5.82 Å².